The Morgan fingerprint density at radius 3 is 2.43 bits per heavy atom. The minimum absolute atomic E-state index is 0.135. The van der Waals surface area contributed by atoms with Crippen molar-refractivity contribution in [3.05, 3.63) is 64.7 Å². The maximum absolute atomic E-state index is 13.1. The average molecular weight is 403 g/mol. The Kier molecular flexibility index (Phi) is 8.33. The van der Waals surface area contributed by atoms with Gasteiger partial charge in [0.1, 0.15) is 11.8 Å². The Balaban J connectivity index is 2.21. The first-order valence-electron chi connectivity index (χ1n) is 9.39. The van der Waals surface area contributed by atoms with E-state index in [-0.39, 0.29) is 24.8 Å². The van der Waals surface area contributed by atoms with Gasteiger partial charge in [-0.25, -0.2) is 0 Å². The van der Waals surface area contributed by atoms with Crippen molar-refractivity contribution >= 4 is 23.4 Å². The highest BCUT2D eigenvalue weighted by Crippen LogP contribution is 2.20. The molecule has 2 rings (SSSR count). The summed E-state index contributed by atoms with van der Waals surface area (Å²) in [6, 6.07) is 14.1. The fourth-order valence-corrected chi connectivity index (χ4v) is 3.00. The Hall–Kier alpha value is -2.53. The Labute approximate surface area is 171 Å². The second-order valence-corrected chi connectivity index (χ2v) is 7.01. The normalized spacial score (nSPS) is 11.6. The molecule has 150 valence electrons. The zero-order chi connectivity index (χ0) is 20.5. The number of methoxy groups -OCH3 is 1. The van der Waals surface area contributed by atoms with E-state index in [4.69, 9.17) is 16.3 Å². The van der Waals surface area contributed by atoms with E-state index in [1.54, 1.807) is 25.0 Å². The van der Waals surface area contributed by atoms with Gasteiger partial charge in [-0.05, 0) is 42.7 Å². The number of hydrogen-bond donors (Lipinski definition) is 1. The fourth-order valence-electron chi connectivity index (χ4n) is 2.81. The number of carbonyl (C=O) groups is 2. The molecule has 1 atom stereocenters. The predicted octanol–water partition coefficient (Wildman–Crippen LogP) is 3.83. The quantitative estimate of drug-likeness (QED) is 0.693. The van der Waals surface area contributed by atoms with Gasteiger partial charge in [0, 0.05) is 18.1 Å². The minimum Gasteiger partial charge on any atom is -0.497 e. The topological polar surface area (TPSA) is 58.6 Å². The summed E-state index contributed by atoms with van der Waals surface area (Å²) in [6.45, 7) is 4.58. The summed E-state index contributed by atoms with van der Waals surface area (Å²) in [6.07, 6.45) is 1.03. The summed E-state index contributed by atoms with van der Waals surface area (Å²) < 4.78 is 5.16. The number of nitrogens with one attached hydrogen (secondary N) is 1. The lowest BCUT2D eigenvalue weighted by atomic mass is 10.1. The predicted molar refractivity (Wildman–Crippen MR) is 111 cm³/mol. The molecule has 28 heavy (non-hydrogen) atoms. The van der Waals surface area contributed by atoms with Crippen LogP contribution < -0.4 is 10.1 Å². The van der Waals surface area contributed by atoms with E-state index in [2.05, 4.69) is 5.32 Å². The molecule has 6 heteroatoms. The van der Waals surface area contributed by atoms with Crippen LogP contribution in [0.15, 0.2) is 48.5 Å². The molecule has 0 aromatic heterocycles. The van der Waals surface area contributed by atoms with E-state index in [1.165, 1.54) is 0 Å². The molecular formula is C22H27ClN2O3. The third kappa shape index (κ3) is 5.99. The molecule has 5 nitrogen and oxygen atoms in total. The van der Waals surface area contributed by atoms with Crippen LogP contribution in [0.3, 0.4) is 0 Å². The maximum Gasteiger partial charge on any atom is 0.242 e. The van der Waals surface area contributed by atoms with Crippen LogP contribution in [0.4, 0.5) is 0 Å². The van der Waals surface area contributed by atoms with E-state index in [9.17, 15) is 9.59 Å². The summed E-state index contributed by atoms with van der Waals surface area (Å²) in [5.74, 6) is 0.428. The number of benzene rings is 2. The van der Waals surface area contributed by atoms with Gasteiger partial charge in [0.15, 0.2) is 0 Å². The molecule has 1 N–H and O–H groups in total. The van der Waals surface area contributed by atoms with Crippen molar-refractivity contribution in [3.63, 3.8) is 0 Å². The van der Waals surface area contributed by atoms with Crippen LogP contribution >= 0.6 is 11.6 Å². The van der Waals surface area contributed by atoms with Crippen LogP contribution in [0.1, 0.15) is 31.4 Å². The highest BCUT2D eigenvalue weighted by Gasteiger charge is 2.26. The van der Waals surface area contributed by atoms with Crippen molar-refractivity contribution in [1.29, 1.82) is 0 Å². The van der Waals surface area contributed by atoms with Crippen LogP contribution in [-0.4, -0.2) is 36.4 Å². The summed E-state index contributed by atoms with van der Waals surface area (Å²) >= 11 is 6.28. The fraction of sp³-hybridized carbons (Fsp3) is 0.364. The molecule has 0 fully saturated rings. The molecular weight excluding hydrogens is 376 g/mol. The summed E-state index contributed by atoms with van der Waals surface area (Å²) in [5, 5.41) is 3.44. The lowest BCUT2D eigenvalue weighted by molar-refractivity contribution is -0.140. The van der Waals surface area contributed by atoms with E-state index in [1.807, 2.05) is 49.4 Å². The Morgan fingerprint density at radius 1 is 1.14 bits per heavy atom. The molecule has 0 aliphatic heterocycles. The molecule has 0 saturated carbocycles. The van der Waals surface area contributed by atoms with Crippen molar-refractivity contribution in [2.24, 2.45) is 0 Å². The van der Waals surface area contributed by atoms with Gasteiger partial charge in [0.2, 0.25) is 11.8 Å². The summed E-state index contributed by atoms with van der Waals surface area (Å²) in [4.78, 5) is 27.2. The number of nitrogens with zero attached hydrogens (tertiary/aromatic N) is 1. The molecule has 0 radical (unpaired) electrons. The van der Waals surface area contributed by atoms with Crippen LogP contribution in [0, 0.1) is 0 Å². The number of hydrogen-bond acceptors (Lipinski definition) is 3. The van der Waals surface area contributed by atoms with Gasteiger partial charge >= 0.3 is 0 Å². The number of amides is 2. The first-order chi connectivity index (χ1) is 13.5. The van der Waals surface area contributed by atoms with E-state index in [0.717, 1.165) is 23.3 Å². The van der Waals surface area contributed by atoms with E-state index < -0.39 is 6.04 Å². The van der Waals surface area contributed by atoms with Gasteiger partial charge in [-0.1, -0.05) is 48.9 Å². The third-order valence-corrected chi connectivity index (χ3v) is 4.90. The summed E-state index contributed by atoms with van der Waals surface area (Å²) in [7, 11) is 1.60. The van der Waals surface area contributed by atoms with Gasteiger partial charge < -0.3 is 15.0 Å². The van der Waals surface area contributed by atoms with Gasteiger partial charge in [-0.3, -0.25) is 9.59 Å². The van der Waals surface area contributed by atoms with Crippen molar-refractivity contribution in [1.82, 2.24) is 10.2 Å². The molecule has 2 amide bonds. The molecule has 2 aromatic rings. The van der Waals surface area contributed by atoms with Gasteiger partial charge in [-0.2, -0.15) is 0 Å². The first kappa shape index (κ1) is 21.8. The molecule has 2 aromatic carbocycles. The second-order valence-electron chi connectivity index (χ2n) is 6.60. The highest BCUT2D eigenvalue weighted by atomic mass is 35.5. The molecule has 0 saturated heterocycles. The van der Waals surface area contributed by atoms with Crippen molar-refractivity contribution < 1.29 is 14.3 Å². The smallest absolute Gasteiger partial charge is 0.242 e. The summed E-state index contributed by atoms with van der Waals surface area (Å²) in [5.41, 5.74) is 1.67. The molecule has 0 aliphatic rings. The molecule has 1 unspecified atom stereocenters. The molecule has 0 aliphatic carbocycles. The number of rotatable bonds is 9. The van der Waals surface area contributed by atoms with Crippen LogP contribution in [0.2, 0.25) is 5.02 Å². The minimum atomic E-state index is -0.603. The zero-order valence-corrected chi connectivity index (χ0v) is 17.3. The average Bonchev–Trinajstić information content (AvgIpc) is 2.71. The lowest BCUT2D eigenvalue weighted by Gasteiger charge is -2.29. The van der Waals surface area contributed by atoms with Crippen molar-refractivity contribution in [3.8, 4) is 5.75 Å². The maximum atomic E-state index is 13.1. The second kappa shape index (κ2) is 10.7. The third-order valence-electron chi connectivity index (χ3n) is 4.53. The first-order valence-corrected chi connectivity index (χ1v) is 9.77. The zero-order valence-electron chi connectivity index (χ0n) is 16.6. The Morgan fingerprint density at radius 2 is 1.82 bits per heavy atom. The lowest BCUT2D eigenvalue weighted by Crippen LogP contribution is -2.48. The SMILES string of the molecule is CCCNC(=O)C(C)N(Cc1ccccc1Cl)C(=O)Cc1ccc(OC)cc1. The van der Waals surface area contributed by atoms with Gasteiger partial charge in [0.25, 0.3) is 0 Å². The number of carbonyl (C=O) groups excluding carboxylic acids is 2. The molecule has 0 bridgehead atoms. The van der Waals surface area contributed by atoms with E-state index >= 15 is 0 Å². The largest absolute Gasteiger partial charge is 0.497 e. The highest BCUT2D eigenvalue weighted by molar-refractivity contribution is 6.31. The van der Waals surface area contributed by atoms with Crippen LogP contribution in [-0.2, 0) is 22.6 Å². The monoisotopic (exact) mass is 402 g/mol. The number of ether oxygens (including phenoxy) is 1. The molecule has 0 spiro atoms. The Bertz CT molecular complexity index is 793. The van der Waals surface area contributed by atoms with Crippen molar-refractivity contribution in [2.45, 2.75) is 39.3 Å². The van der Waals surface area contributed by atoms with E-state index in [0.29, 0.717) is 11.6 Å². The van der Waals surface area contributed by atoms with Gasteiger partial charge in [0.05, 0.1) is 13.5 Å². The molecule has 0 heterocycles. The van der Waals surface area contributed by atoms with Crippen LogP contribution in [0.5, 0.6) is 5.75 Å². The standard InChI is InChI=1S/C22H27ClN2O3/c1-4-13-24-22(27)16(2)25(15-18-7-5-6-8-20(18)23)21(26)14-17-9-11-19(28-3)12-10-17/h5-12,16H,4,13-15H2,1-3H3,(H,24,27). The van der Waals surface area contributed by atoms with Crippen molar-refractivity contribution in [2.75, 3.05) is 13.7 Å². The number of halogens is 1. The van der Waals surface area contributed by atoms with Crippen LogP contribution in [0.25, 0.3) is 0 Å². The van der Waals surface area contributed by atoms with Gasteiger partial charge in [-0.15, -0.1) is 0 Å².